The van der Waals surface area contributed by atoms with E-state index in [1.807, 2.05) is 0 Å². The Morgan fingerprint density at radius 3 is 2.59 bits per heavy atom. The number of amides is 2. The van der Waals surface area contributed by atoms with E-state index < -0.39 is 11.8 Å². The van der Waals surface area contributed by atoms with E-state index in [1.165, 1.54) is 6.26 Å². The Bertz CT molecular complexity index is 675. The maximum atomic E-state index is 11.7. The molecule has 0 fully saturated rings. The van der Waals surface area contributed by atoms with E-state index in [4.69, 9.17) is 14.9 Å². The van der Waals surface area contributed by atoms with Gasteiger partial charge in [-0.25, -0.2) is 5.43 Å². The Kier molecular flexibility index (Phi) is 4.92. The highest BCUT2D eigenvalue weighted by molar-refractivity contribution is 6.00. The molecule has 2 amide bonds. The predicted molar refractivity (Wildman–Crippen MR) is 79.5 cm³/mol. The average Bonchev–Trinajstić information content (AvgIpc) is 3.05. The third kappa shape index (κ3) is 4.20. The lowest BCUT2D eigenvalue weighted by Crippen LogP contribution is -2.20. The molecule has 0 aliphatic rings. The molecule has 2 rings (SSSR count). The van der Waals surface area contributed by atoms with Crippen molar-refractivity contribution in [1.29, 1.82) is 0 Å². The molecular formula is C15H15N3O4. The number of carbonyl (C=O) groups is 2. The lowest BCUT2D eigenvalue weighted by atomic mass is 10.1. The first-order valence-corrected chi connectivity index (χ1v) is 6.46. The normalized spacial score (nSPS) is 11.0. The van der Waals surface area contributed by atoms with E-state index in [9.17, 15) is 9.59 Å². The molecule has 1 heterocycles. The number of furan rings is 1. The van der Waals surface area contributed by atoms with Crippen molar-refractivity contribution in [2.24, 2.45) is 10.8 Å². The Hall–Kier alpha value is -3.09. The summed E-state index contributed by atoms with van der Waals surface area (Å²) in [5.74, 6) is -0.255. The second kappa shape index (κ2) is 7.07. The van der Waals surface area contributed by atoms with Crippen LogP contribution in [0.25, 0.3) is 0 Å². The van der Waals surface area contributed by atoms with Crippen molar-refractivity contribution < 1.29 is 18.7 Å². The molecule has 2 aromatic rings. The highest BCUT2D eigenvalue weighted by Gasteiger charge is 2.07. The Morgan fingerprint density at radius 2 is 2.00 bits per heavy atom. The number of ether oxygens (including phenoxy) is 1. The Labute approximate surface area is 126 Å². The average molecular weight is 301 g/mol. The van der Waals surface area contributed by atoms with Gasteiger partial charge in [-0.15, -0.1) is 0 Å². The van der Waals surface area contributed by atoms with Crippen molar-refractivity contribution in [1.82, 2.24) is 5.43 Å². The van der Waals surface area contributed by atoms with Crippen molar-refractivity contribution in [3.63, 3.8) is 0 Å². The number of hydrogen-bond acceptors (Lipinski definition) is 5. The smallest absolute Gasteiger partial charge is 0.307 e. The third-order valence-corrected chi connectivity index (χ3v) is 2.72. The molecule has 0 aliphatic heterocycles. The molecule has 0 aliphatic carbocycles. The molecule has 1 aromatic carbocycles. The first kappa shape index (κ1) is 15.3. The number of nitrogens with two attached hydrogens (primary N) is 1. The molecule has 0 saturated carbocycles. The maximum Gasteiger partial charge on any atom is 0.307 e. The minimum Gasteiger partial charge on any atom is -0.484 e. The fraction of sp³-hybridized carbons (Fsp3) is 0.133. The minimum atomic E-state index is -0.539. The van der Waals surface area contributed by atoms with Crippen LogP contribution in [0.4, 0.5) is 0 Å². The topological polar surface area (TPSA) is 107 Å². The number of hydrazone groups is 1. The van der Waals surface area contributed by atoms with Crippen LogP contribution in [-0.2, 0) is 4.79 Å². The van der Waals surface area contributed by atoms with Crippen LogP contribution in [0.1, 0.15) is 23.0 Å². The van der Waals surface area contributed by atoms with Crippen molar-refractivity contribution in [2.45, 2.75) is 6.92 Å². The first-order valence-electron chi connectivity index (χ1n) is 6.46. The van der Waals surface area contributed by atoms with Crippen molar-refractivity contribution in [3.05, 3.63) is 54.0 Å². The number of rotatable bonds is 6. The van der Waals surface area contributed by atoms with Crippen LogP contribution in [0, 0.1) is 0 Å². The summed E-state index contributed by atoms with van der Waals surface area (Å²) in [5.41, 5.74) is 8.81. The Balaban J connectivity index is 1.96. The van der Waals surface area contributed by atoms with Gasteiger partial charge in [0.1, 0.15) is 5.75 Å². The van der Waals surface area contributed by atoms with Gasteiger partial charge in [-0.3, -0.25) is 9.59 Å². The van der Waals surface area contributed by atoms with E-state index in [1.54, 1.807) is 43.3 Å². The summed E-state index contributed by atoms with van der Waals surface area (Å²) in [6.07, 6.45) is 1.41. The number of carbonyl (C=O) groups excluding carboxylic acids is 2. The van der Waals surface area contributed by atoms with Gasteiger partial charge in [0.2, 0.25) is 0 Å². The van der Waals surface area contributed by atoms with Gasteiger partial charge in [0, 0.05) is 0 Å². The summed E-state index contributed by atoms with van der Waals surface area (Å²) in [4.78, 5) is 22.3. The van der Waals surface area contributed by atoms with Crippen LogP contribution < -0.4 is 15.9 Å². The second-order valence-corrected chi connectivity index (χ2v) is 4.39. The van der Waals surface area contributed by atoms with Crippen molar-refractivity contribution in [2.75, 3.05) is 6.61 Å². The highest BCUT2D eigenvalue weighted by atomic mass is 16.5. The number of nitrogens with zero attached hydrogens (tertiary/aromatic N) is 1. The largest absolute Gasteiger partial charge is 0.484 e. The fourth-order valence-corrected chi connectivity index (χ4v) is 1.61. The van der Waals surface area contributed by atoms with Crippen molar-refractivity contribution >= 4 is 17.5 Å². The van der Waals surface area contributed by atoms with Gasteiger partial charge >= 0.3 is 5.91 Å². The molecule has 0 saturated heterocycles. The summed E-state index contributed by atoms with van der Waals surface area (Å²) in [7, 11) is 0. The standard InChI is InChI=1S/C15H15N3O4/c1-10(17-18-15(20)13-3-2-8-21-13)11-4-6-12(7-5-11)22-9-14(16)19/h2-8H,9H2,1H3,(H2,16,19)(H,18,20). The maximum absolute atomic E-state index is 11.7. The number of primary amides is 1. The lowest BCUT2D eigenvalue weighted by Gasteiger charge is -2.05. The van der Waals surface area contributed by atoms with Crippen LogP contribution in [-0.4, -0.2) is 24.1 Å². The summed E-state index contributed by atoms with van der Waals surface area (Å²) >= 11 is 0. The second-order valence-electron chi connectivity index (χ2n) is 4.39. The van der Waals surface area contributed by atoms with Crippen LogP contribution in [0.15, 0.2) is 52.2 Å². The predicted octanol–water partition coefficient (Wildman–Crippen LogP) is 1.30. The van der Waals surface area contributed by atoms with E-state index in [0.29, 0.717) is 11.5 Å². The molecule has 22 heavy (non-hydrogen) atoms. The van der Waals surface area contributed by atoms with Gasteiger partial charge < -0.3 is 14.9 Å². The minimum absolute atomic E-state index is 0.175. The van der Waals surface area contributed by atoms with E-state index in [2.05, 4.69) is 10.5 Å². The zero-order valence-corrected chi connectivity index (χ0v) is 11.9. The first-order chi connectivity index (χ1) is 10.6. The SMILES string of the molecule is CC(=NNC(=O)c1ccco1)c1ccc(OCC(N)=O)cc1. The van der Waals surface area contributed by atoms with Gasteiger partial charge in [0.15, 0.2) is 12.4 Å². The highest BCUT2D eigenvalue weighted by Crippen LogP contribution is 2.12. The lowest BCUT2D eigenvalue weighted by molar-refractivity contribution is -0.119. The molecule has 0 spiro atoms. The van der Waals surface area contributed by atoms with Gasteiger partial charge in [-0.2, -0.15) is 5.10 Å². The zero-order chi connectivity index (χ0) is 15.9. The summed E-state index contributed by atoms with van der Waals surface area (Å²) in [6, 6.07) is 10.1. The summed E-state index contributed by atoms with van der Waals surface area (Å²) in [6.45, 7) is 1.58. The molecule has 0 unspecified atom stereocenters. The summed E-state index contributed by atoms with van der Waals surface area (Å²) in [5, 5.41) is 4.00. The van der Waals surface area contributed by atoms with Gasteiger partial charge in [-0.1, -0.05) is 0 Å². The van der Waals surface area contributed by atoms with Crippen LogP contribution in [0.2, 0.25) is 0 Å². The molecule has 0 bridgehead atoms. The molecule has 7 nitrogen and oxygen atoms in total. The summed E-state index contributed by atoms with van der Waals surface area (Å²) < 4.78 is 10.1. The third-order valence-electron chi connectivity index (χ3n) is 2.72. The quantitative estimate of drug-likeness (QED) is 0.619. The molecule has 1 aromatic heterocycles. The monoisotopic (exact) mass is 301 g/mol. The number of benzene rings is 1. The van der Waals surface area contributed by atoms with Crippen molar-refractivity contribution in [3.8, 4) is 5.75 Å². The van der Waals surface area contributed by atoms with E-state index in [0.717, 1.165) is 5.56 Å². The Morgan fingerprint density at radius 1 is 1.27 bits per heavy atom. The van der Waals surface area contributed by atoms with Crippen LogP contribution >= 0.6 is 0 Å². The number of nitrogens with one attached hydrogen (secondary N) is 1. The van der Waals surface area contributed by atoms with Crippen LogP contribution in [0.3, 0.4) is 0 Å². The molecule has 114 valence electrons. The number of hydrogen-bond donors (Lipinski definition) is 2. The van der Waals surface area contributed by atoms with Crippen LogP contribution in [0.5, 0.6) is 5.75 Å². The zero-order valence-electron chi connectivity index (χ0n) is 11.9. The molecule has 3 N–H and O–H groups in total. The molecule has 0 radical (unpaired) electrons. The van der Waals surface area contributed by atoms with Gasteiger partial charge in [-0.05, 0) is 48.9 Å². The van der Waals surface area contributed by atoms with E-state index >= 15 is 0 Å². The van der Waals surface area contributed by atoms with Gasteiger partial charge in [0.25, 0.3) is 5.91 Å². The molecule has 0 atom stereocenters. The fourth-order valence-electron chi connectivity index (χ4n) is 1.61. The molecular weight excluding hydrogens is 286 g/mol. The van der Waals surface area contributed by atoms with Gasteiger partial charge in [0.05, 0.1) is 12.0 Å². The van der Waals surface area contributed by atoms with E-state index in [-0.39, 0.29) is 12.4 Å². The molecule has 7 heteroatoms.